The minimum absolute atomic E-state index is 0.181. The fourth-order valence-electron chi connectivity index (χ4n) is 2.64. The van der Waals surface area contributed by atoms with Gasteiger partial charge in [0.15, 0.2) is 0 Å². The van der Waals surface area contributed by atoms with E-state index in [1.165, 1.54) is 24.5 Å². The van der Waals surface area contributed by atoms with Gasteiger partial charge < -0.3 is 26.8 Å². The first-order valence-corrected chi connectivity index (χ1v) is 10.1. The first kappa shape index (κ1) is 26.0. The maximum Gasteiger partial charge on any atom is 0.268 e. The molecule has 11 heteroatoms. The van der Waals surface area contributed by atoms with Crippen LogP contribution in [-0.2, 0) is 14.4 Å². The van der Waals surface area contributed by atoms with Gasteiger partial charge in [-0.3, -0.25) is 24.4 Å². The molecule has 0 radical (unpaired) electrons. The summed E-state index contributed by atoms with van der Waals surface area (Å²) in [6.45, 7) is 0.936. The van der Waals surface area contributed by atoms with Gasteiger partial charge in [0, 0.05) is 22.4 Å². The van der Waals surface area contributed by atoms with Gasteiger partial charge in [-0.2, -0.15) is 0 Å². The second-order valence-corrected chi connectivity index (χ2v) is 7.10. The van der Waals surface area contributed by atoms with Crippen molar-refractivity contribution in [2.24, 2.45) is 5.73 Å². The minimum Gasteiger partial charge on any atom is -0.391 e. The Bertz CT molecular complexity index is 1090. The molecule has 0 fully saturated rings. The molecule has 11 nitrogen and oxygen atoms in total. The van der Waals surface area contributed by atoms with Crippen molar-refractivity contribution in [1.29, 1.82) is 0 Å². The number of nitrogens with two attached hydrogens (primary N) is 1. The summed E-state index contributed by atoms with van der Waals surface area (Å²) in [4.78, 5) is 46.7. The van der Waals surface area contributed by atoms with Crippen LogP contribution in [0.4, 0.5) is 5.69 Å². The van der Waals surface area contributed by atoms with Crippen LogP contribution in [-0.4, -0.2) is 59.2 Å². The highest BCUT2D eigenvalue weighted by Crippen LogP contribution is 2.09. The van der Waals surface area contributed by atoms with Crippen molar-refractivity contribution >= 4 is 29.3 Å². The molecule has 2 aromatic rings. The maximum absolute atomic E-state index is 12.3. The van der Waals surface area contributed by atoms with Crippen LogP contribution < -0.4 is 27.2 Å². The standard InChI is InChI=1S/C23H25N5O6/c1-14(29)21(23(33)28-34)27-22(32)17-8-4-15(5-9-17)2-3-16-6-10-18(11-7-16)26-20(31)13-25-19(30)12-24/h4-11,14,21,29,34H,12-13,24H2,1H3,(H,25,30)(H,26,31)(H,27,32)(H,28,33). The van der Waals surface area contributed by atoms with Gasteiger partial charge in [-0.25, -0.2) is 5.48 Å². The number of carbonyl (C=O) groups excluding carboxylic acids is 4. The Morgan fingerprint density at radius 3 is 2.00 bits per heavy atom. The van der Waals surface area contributed by atoms with Gasteiger partial charge in [0.05, 0.1) is 19.2 Å². The molecule has 0 spiro atoms. The summed E-state index contributed by atoms with van der Waals surface area (Å²) in [6, 6.07) is 11.7. The molecule has 0 aromatic heterocycles. The molecule has 0 aliphatic rings. The Labute approximate surface area is 195 Å². The van der Waals surface area contributed by atoms with Crippen LogP contribution in [0.25, 0.3) is 0 Å². The number of amides is 4. The molecule has 2 atom stereocenters. The first-order valence-electron chi connectivity index (χ1n) is 10.1. The molecular weight excluding hydrogens is 442 g/mol. The van der Waals surface area contributed by atoms with Gasteiger partial charge in [-0.15, -0.1) is 0 Å². The van der Waals surface area contributed by atoms with E-state index < -0.39 is 29.9 Å². The highest BCUT2D eigenvalue weighted by atomic mass is 16.5. The quantitative estimate of drug-likeness (QED) is 0.149. The number of hydroxylamine groups is 1. The average Bonchev–Trinajstić information content (AvgIpc) is 2.84. The SMILES string of the molecule is CC(O)C(NC(=O)c1ccc(C#Cc2ccc(NC(=O)CNC(=O)CN)cc2)cc1)C(=O)NO. The van der Waals surface area contributed by atoms with Crippen molar-refractivity contribution in [3.05, 3.63) is 65.2 Å². The molecule has 8 N–H and O–H groups in total. The lowest BCUT2D eigenvalue weighted by Gasteiger charge is -2.19. The van der Waals surface area contributed by atoms with E-state index in [0.717, 1.165) is 0 Å². The number of benzene rings is 2. The lowest BCUT2D eigenvalue weighted by atomic mass is 10.1. The number of carbonyl (C=O) groups is 4. The van der Waals surface area contributed by atoms with Crippen molar-refractivity contribution in [2.75, 3.05) is 18.4 Å². The van der Waals surface area contributed by atoms with Crippen molar-refractivity contribution < 1.29 is 29.5 Å². The number of hydrogen-bond acceptors (Lipinski definition) is 7. The predicted molar refractivity (Wildman–Crippen MR) is 122 cm³/mol. The van der Waals surface area contributed by atoms with Crippen LogP contribution in [0.2, 0.25) is 0 Å². The smallest absolute Gasteiger partial charge is 0.268 e. The third-order valence-corrected chi connectivity index (χ3v) is 4.46. The van der Waals surface area contributed by atoms with E-state index in [1.807, 2.05) is 0 Å². The lowest BCUT2D eigenvalue weighted by Crippen LogP contribution is -2.51. The minimum atomic E-state index is -1.31. The second-order valence-electron chi connectivity index (χ2n) is 7.10. The van der Waals surface area contributed by atoms with Gasteiger partial charge in [0.1, 0.15) is 6.04 Å². The molecule has 0 bridgehead atoms. The topological polar surface area (TPSA) is 183 Å². The Hall–Kier alpha value is -4.24. The monoisotopic (exact) mass is 467 g/mol. The van der Waals surface area contributed by atoms with Crippen LogP contribution in [0.5, 0.6) is 0 Å². The van der Waals surface area contributed by atoms with Crippen molar-refractivity contribution in [1.82, 2.24) is 16.1 Å². The molecule has 34 heavy (non-hydrogen) atoms. The Kier molecular flexibility index (Phi) is 9.72. The second kappa shape index (κ2) is 12.7. The van der Waals surface area contributed by atoms with Crippen LogP contribution in [0.3, 0.4) is 0 Å². The zero-order valence-corrected chi connectivity index (χ0v) is 18.3. The molecule has 0 aliphatic heterocycles. The van der Waals surface area contributed by atoms with Gasteiger partial charge >= 0.3 is 0 Å². The molecule has 0 saturated carbocycles. The fraction of sp³-hybridized carbons (Fsp3) is 0.217. The van der Waals surface area contributed by atoms with Gasteiger partial charge in [-0.05, 0) is 55.5 Å². The molecule has 4 amide bonds. The van der Waals surface area contributed by atoms with Crippen molar-refractivity contribution in [3.63, 3.8) is 0 Å². The fourth-order valence-corrected chi connectivity index (χ4v) is 2.64. The highest BCUT2D eigenvalue weighted by Gasteiger charge is 2.25. The number of aliphatic hydroxyl groups excluding tert-OH is 1. The largest absolute Gasteiger partial charge is 0.391 e. The Balaban J connectivity index is 1.96. The zero-order chi connectivity index (χ0) is 25.1. The normalized spacial score (nSPS) is 11.8. The zero-order valence-electron chi connectivity index (χ0n) is 18.3. The summed E-state index contributed by atoms with van der Waals surface area (Å²) in [6.07, 6.45) is -1.21. The summed E-state index contributed by atoms with van der Waals surface area (Å²) >= 11 is 0. The van der Waals surface area contributed by atoms with Crippen LogP contribution in [0.15, 0.2) is 48.5 Å². The number of aliphatic hydroxyl groups is 1. The molecule has 0 saturated heterocycles. The van der Waals surface area contributed by atoms with Crippen LogP contribution in [0, 0.1) is 11.8 Å². The van der Waals surface area contributed by atoms with Crippen molar-refractivity contribution in [2.45, 2.75) is 19.1 Å². The molecule has 2 aromatic carbocycles. The Morgan fingerprint density at radius 1 is 0.941 bits per heavy atom. The van der Waals surface area contributed by atoms with E-state index in [9.17, 15) is 24.3 Å². The maximum atomic E-state index is 12.3. The molecular formula is C23H25N5O6. The van der Waals surface area contributed by atoms with E-state index in [2.05, 4.69) is 27.8 Å². The van der Waals surface area contributed by atoms with Gasteiger partial charge in [0.25, 0.3) is 11.8 Å². The van der Waals surface area contributed by atoms with E-state index in [0.29, 0.717) is 16.8 Å². The summed E-state index contributed by atoms with van der Waals surface area (Å²) in [5.74, 6) is 3.56. The van der Waals surface area contributed by atoms with E-state index in [1.54, 1.807) is 36.4 Å². The van der Waals surface area contributed by atoms with E-state index >= 15 is 0 Å². The van der Waals surface area contributed by atoms with Gasteiger partial charge in [0.2, 0.25) is 11.8 Å². The average molecular weight is 467 g/mol. The van der Waals surface area contributed by atoms with E-state index in [4.69, 9.17) is 10.9 Å². The number of nitrogens with one attached hydrogen (secondary N) is 4. The first-order chi connectivity index (χ1) is 16.2. The number of rotatable bonds is 8. The molecule has 178 valence electrons. The summed E-state index contributed by atoms with van der Waals surface area (Å²) in [5, 5.41) is 25.7. The molecule has 0 heterocycles. The highest BCUT2D eigenvalue weighted by molar-refractivity contribution is 5.97. The number of anilines is 1. The van der Waals surface area contributed by atoms with Crippen molar-refractivity contribution in [3.8, 4) is 11.8 Å². The Morgan fingerprint density at radius 2 is 1.50 bits per heavy atom. The molecule has 0 aliphatic carbocycles. The van der Waals surface area contributed by atoms with Crippen LogP contribution >= 0.6 is 0 Å². The van der Waals surface area contributed by atoms with Gasteiger partial charge in [-0.1, -0.05) is 11.8 Å². The lowest BCUT2D eigenvalue weighted by molar-refractivity contribution is -0.133. The third kappa shape index (κ3) is 8.03. The molecule has 2 unspecified atom stereocenters. The summed E-state index contributed by atoms with van der Waals surface area (Å²) < 4.78 is 0. The third-order valence-electron chi connectivity index (χ3n) is 4.46. The van der Waals surface area contributed by atoms with Crippen LogP contribution in [0.1, 0.15) is 28.4 Å². The predicted octanol–water partition coefficient (Wildman–Crippen LogP) is -0.916. The molecule has 2 rings (SSSR count). The number of hydrogen-bond donors (Lipinski definition) is 7. The summed E-state index contributed by atoms with van der Waals surface area (Å²) in [5.41, 5.74) is 8.65. The summed E-state index contributed by atoms with van der Waals surface area (Å²) in [7, 11) is 0. The van der Waals surface area contributed by atoms with E-state index in [-0.39, 0.29) is 24.6 Å².